The molecule has 184 valence electrons. The Morgan fingerprint density at radius 1 is 1.20 bits per heavy atom. The SMILES string of the molecule is CC(C)n1c(CCCn2nccc2C#N)ccc1C(=O)Nc1cc(CC(=O)O)ccc1C(F)(F)F. The van der Waals surface area contributed by atoms with Crippen molar-refractivity contribution in [2.24, 2.45) is 0 Å². The predicted octanol–water partition coefficient (Wildman–Crippen LogP) is 4.67. The molecule has 1 aromatic carbocycles. The highest BCUT2D eigenvalue weighted by atomic mass is 19.4. The van der Waals surface area contributed by atoms with Crippen LogP contribution < -0.4 is 5.32 Å². The van der Waals surface area contributed by atoms with Crippen LogP contribution in [0.3, 0.4) is 0 Å². The van der Waals surface area contributed by atoms with Gasteiger partial charge < -0.3 is 15.0 Å². The van der Waals surface area contributed by atoms with Crippen LogP contribution in [0.4, 0.5) is 18.9 Å². The maximum absolute atomic E-state index is 13.5. The van der Waals surface area contributed by atoms with E-state index in [0.29, 0.717) is 25.1 Å². The lowest BCUT2D eigenvalue weighted by Crippen LogP contribution is -2.22. The number of carbonyl (C=O) groups is 2. The van der Waals surface area contributed by atoms with E-state index in [-0.39, 0.29) is 17.3 Å². The zero-order valence-electron chi connectivity index (χ0n) is 19.1. The number of aromatic nitrogens is 3. The monoisotopic (exact) mass is 487 g/mol. The number of carbonyl (C=O) groups excluding carboxylic acids is 1. The van der Waals surface area contributed by atoms with Gasteiger partial charge in [0.25, 0.3) is 5.91 Å². The lowest BCUT2D eigenvalue weighted by Gasteiger charge is -2.19. The molecule has 3 aromatic rings. The number of carboxylic acids is 1. The Bertz CT molecular complexity index is 1270. The number of amides is 1. The number of alkyl halides is 3. The second kappa shape index (κ2) is 10.5. The van der Waals surface area contributed by atoms with Gasteiger partial charge in [-0.1, -0.05) is 6.07 Å². The van der Waals surface area contributed by atoms with Crippen LogP contribution in [0.25, 0.3) is 0 Å². The van der Waals surface area contributed by atoms with Crippen LogP contribution in [0.5, 0.6) is 0 Å². The molecule has 0 radical (unpaired) electrons. The van der Waals surface area contributed by atoms with Crippen molar-refractivity contribution >= 4 is 17.6 Å². The molecule has 35 heavy (non-hydrogen) atoms. The van der Waals surface area contributed by atoms with Gasteiger partial charge in [-0.05, 0) is 62.6 Å². The van der Waals surface area contributed by atoms with Gasteiger partial charge in [-0.15, -0.1) is 0 Å². The molecule has 0 spiro atoms. The third-order valence-corrected chi connectivity index (χ3v) is 5.38. The van der Waals surface area contributed by atoms with Gasteiger partial charge in [0.05, 0.1) is 23.9 Å². The summed E-state index contributed by atoms with van der Waals surface area (Å²) >= 11 is 0. The molecule has 0 saturated heterocycles. The molecule has 0 bridgehead atoms. The second-order valence-electron chi connectivity index (χ2n) is 8.23. The number of benzene rings is 1. The fourth-order valence-electron chi connectivity index (χ4n) is 3.92. The highest BCUT2D eigenvalue weighted by molar-refractivity contribution is 6.04. The number of nitrogens with one attached hydrogen (secondary N) is 1. The van der Waals surface area contributed by atoms with Crippen molar-refractivity contribution in [3.8, 4) is 6.07 Å². The average molecular weight is 487 g/mol. The Morgan fingerprint density at radius 2 is 1.94 bits per heavy atom. The molecule has 8 nitrogen and oxygen atoms in total. The number of halogens is 3. The van der Waals surface area contributed by atoms with Crippen molar-refractivity contribution in [1.82, 2.24) is 14.3 Å². The molecule has 0 unspecified atom stereocenters. The fourth-order valence-corrected chi connectivity index (χ4v) is 3.92. The molecule has 2 aromatic heterocycles. The molecule has 2 heterocycles. The Labute approximate surface area is 199 Å². The fraction of sp³-hybridized carbons (Fsp3) is 0.333. The minimum Gasteiger partial charge on any atom is -0.481 e. The van der Waals surface area contributed by atoms with Crippen LogP contribution in [-0.4, -0.2) is 31.3 Å². The van der Waals surface area contributed by atoms with E-state index in [1.807, 2.05) is 13.8 Å². The van der Waals surface area contributed by atoms with E-state index < -0.39 is 35.7 Å². The number of rotatable bonds is 9. The summed E-state index contributed by atoms with van der Waals surface area (Å²) in [5.74, 6) is -1.93. The molecule has 0 fully saturated rings. The minimum atomic E-state index is -4.73. The maximum atomic E-state index is 13.5. The molecule has 0 aliphatic rings. The van der Waals surface area contributed by atoms with Gasteiger partial charge in [0.2, 0.25) is 0 Å². The van der Waals surface area contributed by atoms with E-state index >= 15 is 0 Å². The van der Waals surface area contributed by atoms with Crippen molar-refractivity contribution in [1.29, 1.82) is 5.26 Å². The molecule has 1 amide bonds. The summed E-state index contributed by atoms with van der Waals surface area (Å²) in [5, 5.41) is 24.5. The summed E-state index contributed by atoms with van der Waals surface area (Å²) in [7, 11) is 0. The molecule has 0 aliphatic heterocycles. The first-order valence-electron chi connectivity index (χ1n) is 10.9. The molecule has 11 heteroatoms. The number of aryl methyl sites for hydroxylation is 2. The number of anilines is 1. The first kappa shape index (κ1) is 25.6. The highest BCUT2D eigenvalue weighted by Crippen LogP contribution is 2.36. The van der Waals surface area contributed by atoms with Crippen molar-refractivity contribution < 1.29 is 27.9 Å². The molecular formula is C24H24F3N5O3. The van der Waals surface area contributed by atoms with Crippen molar-refractivity contribution in [3.05, 3.63) is 70.8 Å². The zero-order chi connectivity index (χ0) is 25.8. The average Bonchev–Trinajstić information content (AvgIpc) is 3.39. The van der Waals surface area contributed by atoms with E-state index in [0.717, 1.165) is 23.9 Å². The summed E-state index contributed by atoms with van der Waals surface area (Å²) in [4.78, 5) is 24.0. The Morgan fingerprint density at radius 3 is 2.57 bits per heavy atom. The van der Waals surface area contributed by atoms with Gasteiger partial charge in [-0.25, -0.2) is 0 Å². The van der Waals surface area contributed by atoms with Crippen molar-refractivity contribution in [3.63, 3.8) is 0 Å². The van der Waals surface area contributed by atoms with Gasteiger partial charge in [-0.2, -0.15) is 23.5 Å². The van der Waals surface area contributed by atoms with Crippen LogP contribution in [0.15, 0.2) is 42.6 Å². The summed E-state index contributed by atoms with van der Waals surface area (Å²) in [5.41, 5.74) is 0.0125. The highest BCUT2D eigenvalue weighted by Gasteiger charge is 2.34. The summed E-state index contributed by atoms with van der Waals surface area (Å²) < 4.78 is 43.9. The molecule has 0 saturated carbocycles. The number of aliphatic carboxylic acids is 1. The van der Waals surface area contributed by atoms with Crippen LogP contribution in [-0.2, 0) is 30.4 Å². The normalized spacial score (nSPS) is 11.5. The number of nitriles is 1. The van der Waals surface area contributed by atoms with Gasteiger partial charge in [0.1, 0.15) is 17.5 Å². The van der Waals surface area contributed by atoms with Gasteiger partial charge in [0.15, 0.2) is 0 Å². The number of nitrogens with zero attached hydrogens (tertiary/aromatic N) is 4. The van der Waals surface area contributed by atoms with Crippen molar-refractivity contribution in [2.45, 2.75) is 51.9 Å². The molecule has 2 N–H and O–H groups in total. The van der Waals surface area contributed by atoms with Gasteiger partial charge in [0, 0.05) is 18.3 Å². The van der Waals surface area contributed by atoms with Crippen LogP contribution >= 0.6 is 0 Å². The number of hydrogen-bond acceptors (Lipinski definition) is 4. The first-order valence-corrected chi connectivity index (χ1v) is 10.9. The van der Waals surface area contributed by atoms with E-state index in [1.165, 1.54) is 0 Å². The van der Waals surface area contributed by atoms with Crippen molar-refractivity contribution in [2.75, 3.05) is 5.32 Å². The number of hydrogen-bond donors (Lipinski definition) is 2. The topological polar surface area (TPSA) is 113 Å². The summed E-state index contributed by atoms with van der Waals surface area (Å²) in [6.45, 7) is 4.21. The zero-order valence-corrected chi connectivity index (χ0v) is 19.1. The third-order valence-electron chi connectivity index (χ3n) is 5.38. The quantitative estimate of drug-likeness (QED) is 0.456. The lowest BCUT2D eigenvalue weighted by molar-refractivity contribution is -0.137. The third kappa shape index (κ3) is 6.09. The van der Waals surface area contributed by atoms with Gasteiger partial charge >= 0.3 is 12.1 Å². The van der Waals surface area contributed by atoms with E-state index in [1.54, 1.807) is 33.6 Å². The summed E-state index contributed by atoms with van der Waals surface area (Å²) in [6, 6.07) is 9.70. The van der Waals surface area contributed by atoms with E-state index in [9.17, 15) is 22.8 Å². The second-order valence-corrected chi connectivity index (χ2v) is 8.23. The lowest BCUT2D eigenvalue weighted by atomic mass is 10.1. The van der Waals surface area contributed by atoms with E-state index in [4.69, 9.17) is 10.4 Å². The molecule has 0 aliphatic carbocycles. The summed E-state index contributed by atoms with van der Waals surface area (Å²) in [6.07, 6.45) is -2.48. The van der Waals surface area contributed by atoms with E-state index in [2.05, 4.69) is 16.5 Å². The predicted molar refractivity (Wildman–Crippen MR) is 121 cm³/mol. The Balaban J connectivity index is 1.84. The van der Waals surface area contributed by atoms with Gasteiger partial charge in [-0.3, -0.25) is 14.3 Å². The smallest absolute Gasteiger partial charge is 0.418 e. The molecule has 0 atom stereocenters. The molecule has 3 rings (SSSR count). The first-order chi connectivity index (χ1) is 16.5. The number of carboxylic acid groups (broad SMARTS) is 1. The molecular weight excluding hydrogens is 463 g/mol. The minimum absolute atomic E-state index is 0.135. The largest absolute Gasteiger partial charge is 0.481 e. The Hall–Kier alpha value is -4.07. The van der Waals surface area contributed by atoms with Crippen LogP contribution in [0.1, 0.15) is 59.3 Å². The standard InChI is InChI=1S/C24H24F3N5O3/c1-15(2)32-17(4-3-11-31-18(14-28)9-10-29-31)6-8-21(32)23(35)30-20-12-16(13-22(33)34)5-7-19(20)24(25,26)27/h5-10,12,15H,3-4,11,13H2,1-2H3,(H,30,35)(H,33,34). The van der Waals surface area contributed by atoms with Crippen LogP contribution in [0, 0.1) is 11.3 Å². The maximum Gasteiger partial charge on any atom is 0.418 e. The Kier molecular flexibility index (Phi) is 7.64. The van der Waals surface area contributed by atoms with Crippen LogP contribution in [0.2, 0.25) is 0 Å².